The Morgan fingerprint density at radius 1 is 1.62 bits per heavy atom. The van der Waals surface area contributed by atoms with Crippen LogP contribution >= 0.6 is 0 Å². The number of halogens is 1. The van der Waals surface area contributed by atoms with E-state index in [1.54, 1.807) is 0 Å². The highest BCUT2D eigenvalue weighted by molar-refractivity contribution is 5.87. The van der Waals surface area contributed by atoms with Crippen LogP contribution in [0.1, 0.15) is 13.8 Å². The zero-order valence-corrected chi connectivity index (χ0v) is 4.77. The molecule has 0 spiro atoms. The van der Waals surface area contributed by atoms with E-state index in [0.29, 0.717) is 0 Å². The third-order valence-electron chi connectivity index (χ3n) is 0.528. The lowest BCUT2D eigenvalue weighted by Crippen LogP contribution is -1.84. The van der Waals surface area contributed by atoms with Gasteiger partial charge in [-0.05, 0) is 13.8 Å². The van der Waals surface area contributed by atoms with Gasteiger partial charge in [-0.15, -0.1) is 0 Å². The van der Waals surface area contributed by atoms with E-state index in [2.05, 4.69) is 4.94 Å². The van der Waals surface area contributed by atoms with Crippen molar-refractivity contribution in [2.75, 3.05) is 0 Å². The lowest BCUT2D eigenvalue weighted by Gasteiger charge is -1.86. The zero-order valence-electron chi connectivity index (χ0n) is 4.77. The summed E-state index contributed by atoms with van der Waals surface area (Å²) in [5.74, 6) is -0.238. The average Bonchev–Trinajstić information content (AvgIpc) is 1.65. The minimum absolute atomic E-state index is 0.0162. The second-order valence-corrected chi connectivity index (χ2v) is 1.44. The molecule has 46 valence electrons. The normalized spacial score (nSPS) is 11.1. The van der Waals surface area contributed by atoms with Crippen LogP contribution in [0.25, 0.3) is 0 Å². The van der Waals surface area contributed by atoms with E-state index >= 15 is 0 Å². The Kier molecular flexibility index (Phi) is 2.84. The van der Waals surface area contributed by atoms with Gasteiger partial charge in [-0.3, -0.25) is 9.74 Å². The van der Waals surface area contributed by atoms with Gasteiger partial charge in [0.05, 0.1) is 0 Å². The molecule has 0 heterocycles. The third-order valence-corrected chi connectivity index (χ3v) is 0.528. The van der Waals surface area contributed by atoms with Crippen molar-refractivity contribution in [3.05, 3.63) is 11.8 Å². The zero-order chi connectivity index (χ0) is 6.57. The number of carbonyl (C=O) groups excluding carboxylic acids is 1. The molecule has 0 fully saturated rings. The summed E-state index contributed by atoms with van der Waals surface area (Å²) in [4.78, 5) is 13.3. The van der Waals surface area contributed by atoms with Crippen LogP contribution in [0.4, 0.5) is 4.53 Å². The van der Waals surface area contributed by atoms with Crippen LogP contribution in [0, 0.1) is 0 Å². The molecule has 0 radical (unpaired) electrons. The van der Waals surface area contributed by atoms with Crippen LogP contribution in [-0.2, 0) is 9.74 Å². The quantitative estimate of drug-likeness (QED) is 0.404. The maximum Gasteiger partial charge on any atom is 0.156 e. The summed E-state index contributed by atoms with van der Waals surface area (Å²) in [6.45, 7) is 2.68. The largest absolute Gasteiger partial charge is 0.299 e. The molecule has 0 saturated heterocycles. The van der Waals surface area contributed by atoms with E-state index in [-0.39, 0.29) is 11.5 Å². The molecule has 8 heavy (non-hydrogen) atoms. The van der Waals surface area contributed by atoms with Crippen LogP contribution < -0.4 is 0 Å². The molecule has 0 aliphatic heterocycles. The van der Waals surface area contributed by atoms with Crippen molar-refractivity contribution in [2.45, 2.75) is 13.8 Å². The average molecular weight is 118 g/mol. The van der Waals surface area contributed by atoms with Gasteiger partial charge in [0.2, 0.25) is 0 Å². The van der Waals surface area contributed by atoms with Gasteiger partial charge in [0, 0.05) is 10.6 Å². The molecule has 0 rings (SSSR count). The smallest absolute Gasteiger partial charge is 0.156 e. The van der Waals surface area contributed by atoms with Crippen LogP contribution in [0.3, 0.4) is 0 Å². The summed E-state index contributed by atoms with van der Waals surface area (Å²) in [6.07, 6.45) is 1.07. The van der Waals surface area contributed by atoms with Crippen molar-refractivity contribution in [3.63, 3.8) is 0 Å². The minimum atomic E-state index is -0.222. The van der Waals surface area contributed by atoms with Gasteiger partial charge in [0.15, 0.2) is 5.78 Å². The highest BCUT2D eigenvalue weighted by Gasteiger charge is 1.89. The molecule has 0 amide bonds. The fraction of sp³-hybridized carbons (Fsp3) is 0.400. The number of ketones is 1. The fourth-order valence-electron chi connectivity index (χ4n) is 0.309. The van der Waals surface area contributed by atoms with Gasteiger partial charge in [0.25, 0.3) is 0 Å². The van der Waals surface area contributed by atoms with E-state index in [0.717, 1.165) is 6.08 Å². The molecule has 0 aromatic rings. The number of hydrogen-bond donors (Lipinski definition) is 0. The monoisotopic (exact) mass is 118 g/mol. The van der Waals surface area contributed by atoms with E-state index in [4.69, 9.17) is 0 Å². The Morgan fingerprint density at radius 2 is 2.12 bits per heavy atom. The molecule has 0 N–H and O–H groups in total. The summed E-state index contributed by atoms with van der Waals surface area (Å²) in [5.41, 5.74) is 0. The van der Waals surface area contributed by atoms with Crippen molar-refractivity contribution in [2.24, 2.45) is 0 Å². The first-order valence-electron chi connectivity index (χ1n) is 2.14. The van der Waals surface area contributed by atoms with Gasteiger partial charge in [0.1, 0.15) is 5.76 Å². The highest BCUT2D eigenvalue weighted by Crippen LogP contribution is 1.93. The molecule has 0 bridgehead atoms. The first-order chi connectivity index (χ1) is 3.66. The molecule has 0 aliphatic rings. The molecular formula is C5H7FO2. The second-order valence-electron chi connectivity index (χ2n) is 1.44. The molecule has 3 heteroatoms. The van der Waals surface area contributed by atoms with Crippen LogP contribution in [0.5, 0.6) is 0 Å². The van der Waals surface area contributed by atoms with Gasteiger partial charge < -0.3 is 0 Å². The van der Waals surface area contributed by atoms with Crippen molar-refractivity contribution >= 4 is 5.78 Å². The summed E-state index contributed by atoms with van der Waals surface area (Å²) in [5, 5.41) is 0. The first-order valence-corrected chi connectivity index (χ1v) is 2.14. The van der Waals surface area contributed by atoms with Gasteiger partial charge >= 0.3 is 0 Å². The number of allylic oxidation sites excluding steroid dienone is 2. The summed E-state index contributed by atoms with van der Waals surface area (Å²) < 4.78 is 11.0. The second kappa shape index (κ2) is 3.18. The van der Waals surface area contributed by atoms with Crippen LogP contribution in [-0.4, -0.2) is 5.78 Å². The Balaban J connectivity index is 3.75. The Hall–Kier alpha value is -0.860. The molecule has 2 nitrogen and oxygen atoms in total. The van der Waals surface area contributed by atoms with Gasteiger partial charge in [-0.2, -0.15) is 0 Å². The van der Waals surface area contributed by atoms with Crippen LogP contribution in [0.2, 0.25) is 0 Å². The Morgan fingerprint density at radius 3 is 2.25 bits per heavy atom. The Bertz CT molecular complexity index is 118. The van der Waals surface area contributed by atoms with E-state index in [1.807, 2.05) is 0 Å². The third kappa shape index (κ3) is 3.33. The van der Waals surface area contributed by atoms with Crippen molar-refractivity contribution in [1.29, 1.82) is 0 Å². The van der Waals surface area contributed by atoms with Crippen molar-refractivity contribution < 1.29 is 14.3 Å². The lowest BCUT2D eigenvalue weighted by molar-refractivity contribution is -0.114. The maximum absolute atomic E-state index is 11.0. The summed E-state index contributed by atoms with van der Waals surface area (Å²) in [6, 6.07) is 0. The first kappa shape index (κ1) is 7.14. The van der Waals surface area contributed by atoms with Gasteiger partial charge in [-0.1, -0.05) is 0 Å². The SMILES string of the molecule is CC(=O)/C=C(/C)OF. The summed E-state index contributed by atoms with van der Waals surface area (Å²) in [7, 11) is 0. The molecule has 0 aromatic heterocycles. The summed E-state index contributed by atoms with van der Waals surface area (Å²) >= 11 is 0. The standard InChI is InChI=1S/C5H7FO2/c1-4(7)3-5(2)8-6/h3H,1-2H3/b5-3-. The predicted octanol–water partition coefficient (Wildman–Crippen LogP) is 1.38. The highest BCUT2D eigenvalue weighted by atomic mass is 19.3. The Labute approximate surface area is 46.9 Å². The van der Waals surface area contributed by atoms with E-state index in [9.17, 15) is 9.32 Å². The topological polar surface area (TPSA) is 26.3 Å². The number of carbonyl (C=O) groups is 1. The van der Waals surface area contributed by atoms with Gasteiger partial charge in [-0.25, -0.2) is 0 Å². The lowest BCUT2D eigenvalue weighted by atomic mass is 10.4. The molecule has 0 atom stereocenters. The molecular weight excluding hydrogens is 111 g/mol. The number of hydrogen-bond acceptors (Lipinski definition) is 2. The predicted molar refractivity (Wildman–Crippen MR) is 26.6 cm³/mol. The molecule has 0 unspecified atom stereocenters. The molecule has 0 aliphatic carbocycles. The van der Waals surface area contributed by atoms with E-state index in [1.165, 1.54) is 13.8 Å². The maximum atomic E-state index is 11.0. The van der Waals surface area contributed by atoms with E-state index < -0.39 is 0 Å². The van der Waals surface area contributed by atoms with Crippen molar-refractivity contribution in [1.82, 2.24) is 0 Å². The molecule has 0 saturated carbocycles. The number of rotatable bonds is 2. The minimum Gasteiger partial charge on any atom is -0.299 e. The fourth-order valence-corrected chi connectivity index (χ4v) is 0.309. The molecule has 0 aromatic carbocycles. The van der Waals surface area contributed by atoms with Crippen LogP contribution in [0.15, 0.2) is 11.8 Å². The van der Waals surface area contributed by atoms with Crippen molar-refractivity contribution in [3.8, 4) is 0 Å².